The van der Waals surface area contributed by atoms with Crippen LogP contribution < -0.4 is 29.1 Å². The highest BCUT2D eigenvalue weighted by Crippen LogP contribution is 2.35. The number of carbonyl (C=O) groups excluding carboxylic acids is 1. The lowest BCUT2D eigenvalue weighted by atomic mass is 9.93. The van der Waals surface area contributed by atoms with E-state index in [9.17, 15) is 9.59 Å². The van der Waals surface area contributed by atoms with Crippen molar-refractivity contribution in [1.29, 1.82) is 0 Å². The summed E-state index contributed by atoms with van der Waals surface area (Å²) in [5, 5.41) is 1.88. The van der Waals surface area contributed by atoms with E-state index < -0.39 is 6.04 Å². The van der Waals surface area contributed by atoms with Crippen molar-refractivity contribution in [3.8, 4) is 17.2 Å². The summed E-state index contributed by atoms with van der Waals surface area (Å²) >= 11 is 1.28. The van der Waals surface area contributed by atoms with Crippen molar-refractivity contribution in [3.63, 3.8) is 0 Å². The van der Waals surface area contributed by atoms with Gasteiger partial charge >= 0.3 is 0 Å². The van der Waals surface area contributed by atoms with Gasteiger partial charge in [-0.15, -0.1) is 0 Å². The molecular formula is C29H26N2O5S. The minimum atomic E-state index is -0.651. The maximum Gasteiger partial charge on any atom is 0.271 e. The van der Waals surface area contributed by atoms with Crippen LogP contribution in [0.3, 0.4) is 0 Å². The summed E-state index contributed by atoms with van der Waals surface area (Å²) < 4.78 is 18.8. The molecule has 1 atom stereocenters. The number of hydrogen-bond donors (Lipinski definition) is 0. The largest absolute Gasteiger partial charge is 0.497 e. The molecule has 37 heavy (non-hydrogen) atoms. The lowest BCUT2D eigenvalue weighted by Crippen LogP contribution is -2.39. The molecule has 0 saturated heterocycles. The van der Waals surface area contributed by atoms with Gasteiger partial charge in [-0.1, -0.05) is 41.7 Å². The zero-order chi connectivity index (χ0) is 26.3. The van der Waals surface area contributed by atoms with Gasteiger partial charge in [0.1, 0.15) is 17.2 Å². The number of ether oxygens (including phenoxy) is 3. The molecule has 8 heteroatoms. The van der Waals surface area contributed by atoms with Crippen LogP contribution in [0.2, 0.25) is 0 Å². The van der Waals surface area contributed by atoms with Crippen molar-refractivity contribution in [3.05, 3.63) is 96.7 Å². The van der Waals surface area contributed by atoms with Gasteiger partial charge in [0, 0.05) is 22.4 Å². The lowest BCUT2D eigenvalue weighted by molar-refractivity contribution is -0.114. The van der Waals surface area contributed by atoms with Crippen molar-refractivity contribution >= 4 is 34.0 Å². The summed E-state index contributed by atoms with van der Waals surface area (Å²) in [5.41, 5.74) is 2.30. The maximum absolute atomic E-state index is 14.0. The van der Waals surface area contributed by atoms with Gasteiger partial charge in [0.15, 0.2) is 10.6 Å². The number of hydrogen-bond acceptors (Lipinski definition) is 7. The summed E-state index contributed by atoms with van der Waals surface area (Å²) in [4.78, 5) is 32.0. The number of rotatable bonds is 6. The second-order valence-electron chi connectivity index (χ2n) is 8.65. The molecule has 3 aromatic carbocycles. The van der Waals surface area contributed by atoms with E-state index >= 15 is 0 Å². The number of carbonyl (C=O) groups is 1. The van der Waals surface area contributed by atoms with Crippen LogP contribution in [0.1, 0.15) is 31.0 Å². The highest BCUT2D eigenvalue weighted by atomic mass is 32.1. The van der Waals surface area contributed by atoms with Crippen LogP contribution in [0.15, 0.2) is 75.7 Å². The van der Waals surface area contributed by atoms with Gasteiger partial charge in [0.2, 0.25) is 0 Å². The minimum Gasteiger partial charge on any atom is -0.497 e. The molecule has 0 fully saturated rings. The van der Waals surface area contributed by atoms with E-state index in [1.165, 1.54) is 18.3 Å². The second kappa shape index (κ2) is 9.71. The van der Waals surface area contributed by atoms with E-state index in [-0.39, 0.29) is 11.3 Å². The van der Waals surface area contributed by atoms with Gasteiger partial charge in [-0.3, -0.25) is 14.2 Å². The predicted octanol–water partition coefficient (Wildman–Crippen LogP) is 4.00. The Hall–Kier alpha value is -4.17. The van der Waals surface area contributed by atoms with E-state index in [0.717, 1.165) is 21.9 Å². The number of aromatic nitrogens is 1. The van der Waals surface area contributed by atoms with Crippen molar-refractivity contribution in [1.82, 2.24) is 4.57 Å². The highest BCUT2D eigenvalue weighted by Gasteiger charge is 2.32. The number of allylic oxidation sites excluding steroid dienone is 2. The van der Waals surface area contributed by atoms with Crippen LogP contribution in [0.5, 0.6) is 17.2 Å². The van der Waals surface area contributed by atoms with Crippen LogP contribution in [0, 0.1) is 0 Å². The Morgan fingerprint density at radius 3 is 2.43 bits per heavy atom. The first-order valence-electron chi connectivity index (χ1n) is 11.7. The molecule has 0 amide bonds. The summed E-state index contributed by atoms with van der Waals surface area (Å²) in [6, 6.07) is 16.4. The summed E-state index contributed by atoms with van der Waals surface area (Å²) in [7, 11) is 4.80. The minimum absolute atomic E-state index is 0.144. The van der Waals surface area contributed by atoms with Crippen molar-refractivity contribution in [2.24, 2.45) is 4.99 Å². The van der Waals surface area contributed by atoms with Gasteiger partial charge in [-0.25, -0.2) is 4.99 Å². The standard InChI is InChI=1S/C29H26N2O5S/c1-16-26(17(2)32)27(20-8-6-7-9-23(20)35-4)31-28(33)25(37-29(31)30-16)15-22-21-14-19(34-3)12-10-18(21)11-13-24(22)36-5/h6-15,27H,1-5H3/b25-15-/t27-/m0/s1. The summed E-state index contributed by atoms with van der Waals surface area (Å²) in [6.07, 6.45) is 1.83. The van der Waals surface area contributed by atoms with E-state index in [1.807, 2.05) is 60.7 Å². The molecule has 4 aromatic rings. The first-order chi connectivity index (χ1) is 17.9. The quantitative estimate of drug-likeness (QED) is 0.389. The molecular weight excluding hydrogens is 488 g/mol. The summed E-state index contributed by atoms with van der Waals surface area (Å²) in [5.74, 6) is 1.79. The average Bonchev–Trinajstić information content (AvgIpc) is 3.21. The Kier molecular flexibility index (Phi) is 6.43. The molecule has 1 aliphatic rings. The molecule has 5 rings (SSSR count). The van der Waals surface area contributed by atoms with E-state index in [0.29, 0.717) is 37.9 Å². The molecule has 1 aromatic heterocycles. The second-order valence-corrected chi connectivity index (χ2v) is 9.66. The number of Topliss-reactive ketones (excluding diaryl/α,β-unsaturated/α-hetero) is 1. The SMILES string of the molecule is COc1ccc2ccc(OC)c(/C=c3\sc4n(c3=O)[C@@H](c3ccccc3OC)C(C(C)=O)=C(C)N=4)c2c1. The molecule has 1 aliphatic heterocycles. The van der Waals surface area contributed by atoms with Crippen LogP contribution >= 0.6 is 11.3 Å². The number of thiazole rings is 1. The van der Waals surface area contributed by atoms with E-state index in [2.05, 4.69) is 4.99 Å². The highest BCUT2D eigenvalue weighted by molar-refractivity contribution is 7.07. The van der Waals surface area contributed by atoms with Gasteiger partial charge in [-0.2, -0.15) is 0 Å². The van der Waals surface area contributed by atoms with Gasteiger partial charge in [-0.05, 0) is 55.0 Å². The monoisotopic (exact) mass is 514 g/mol. The van der Waals surface area contributed by atoms with E-state index in [4.69, 9.17) is 14.2 Å². The van der Waals surface area contributed by atoms with Crippen molar-refractivity contribution in [2.75, 3.05) is 21.3 Å². The smallest absolute Gasteiger partial charge is 0.271 e. The van der Waals surface area contributed by atoms with Gasteiger partial charge in [0.25, 0.3) is 5.56 Å². The van der Waals surface area contributed by atoms with E-state index in [1.54, 1.807) is 32.8 Å². The fourth-order valence-corrected chi connectivity index (χ4v) is 5.87. The Bertz CT molecular complexity index is 1760. The molecule has 0 bridgehead atoms. The molecule has 2 heterocycles. The Morgan fingerprint density at radius 2 is 1.73 bits per heavy atom. The van der Waals surface area contributed by atoms with Crippen molar-refractivity contribution in [2.45, 2.75) is 19.9 Å². The van der Waals surface area contributed by atoms with Crippen LogP contribution in [0.25, 0.3) is 16.8 Å². The zero-order valence-electron chi connectivity index (χ0n) is 21.2. The first kappa shape index (κ1) is 24.5. The Labute approximate surface area is 217 Å². The number of benzene rings is 3. The fraction of sp³-hybridized carbons (Fsp3) is 0.207. The molecule has 0 N–H and O–H groups in total. The third-order valence-corrected chi connectivity index (χ3v) is 7.54. The lowest BCUT2D eigenvalue weighted by Gasteiger charge is -2.25. The normalized spacial score (nSPS) is 15.4. The van der Waals surface area contributed by atoms with Gasteiger partial charge < -0.3 is 14.2 Å². The molecule has 0 saturated carbocycles. The van der Waals surface area contributed by atoms with Crippen LogP contribution in [0.4, 0.5) is 0 Å². The third-order valence-electron chi connectivity index (χ3n) is 6.56. The maximum atomic E-state index is 14.0. The number of fused-ring (bicyclic) bond motifs is 2. The number of nitrogens with zero attached hydrogens (tertiary/aromatic N) is 2. The molecule has 0 spiro atoms. The predicted molar refractivity (Wildman–Crippen MR) is 144 cm³/mol. The number of methoxy groups -OCH3 is 3. The fourth-order valence-electron chi connectivity index (χ4n) is 4.84. The summed E-state index contributed by atoms with van der Waals surface area (Å²) in [6.45, 7) is 3.30. The molecule has 0 aliphatic carbocycles. The third kappa shape index (κ3) is 4.13. The Morgan fingerprint density at radius 1 is 1.00 bits per heavy atom. The molecule has 7 nitrogen and oxygen atoms in total. The Balaban J connectivity index is 1.82. The molecule has 0 radical (unpaired) electrons. The van der Waals surface area contributed by atoms with Crippen LogP contribution in [-0.4, -0.2) is 31.7 Å². The van der Waals surface area contributed by atoms with Gasteiger partial charge in [0.05, 0.1) is 31.9 Å². The number of ketones is 1. The number of para-hydroxylation sites is 1. The van der Waals surface area contributed by atoms with Crippen molar-refractivity contribution < 1.29 is 19.0 Å². The zero-order valence-corrected chi connectivity index (χ0v) is 22.0. The topological polar surface area (TPSA) is 79.1 Å². The van der Waals surface area contributed by atoms with Crippen LogP contribution in [-0.2, 0) is 4.79 Å². The first-order valence-corrected chi connectivity index (χ1v) is 12.5. The molecule has 0 unspecified atom stereocenters. The molecule has 188 valence electrons. The average molecular weight is 515 g/mol.